The first-order valence-corrected chi connectivity index (χ1v) is 10.3. The van der Waals surface area contributed by atoms with Gasteiger partial charge in [0.25, 0.3) is 5.91 Å². The number of imidazole rings is 1. The first-order valence-electron chi connectivity index (χ1n) is 10.3. The van der Waals surface area contributed by atoms with E-state index in [2.05, 4.69) is 20.1 Å². The van der Waals surface area contributed by atoms with E-state index in [-0.39, 0.29) is 5.91 Å². The molecule has 0 N–H and O–H groups in total. The van der Waals surface area contributed by atoms with Crippen molar-refractivity contribution in [3.8, 4) is 11.5 Å². The van der Waals surface area contributed by atoms with Gasteiger partial charge in [0.15, 0.2) is 11.6 Å². The van der Waals surface area contributed by atoms with Crippen molar-refractivity contribution in [1.82, 2.24) is 29.2 Å². The van der Waals surface area contributed by atoms with E-state index in [4.69, 9.17) is 0 Å². The van der Waals surface area contributed by atoms with Crippen LogP contribution in [0.5, 0.6) is 0 Å². The van der Waals surface area contributed by atoms with E-state index in [1.165, 1.54) is 0 Å². The summed E-state index contributed by atoms with van der Waals surface area (Å²) >= 11 is 0. The summed E-state index contributed by atoms with van der Waals surface area (Å²) in [5, 5.41) is 8.72. The fourth-order valence-corrected chi connectivity index (χ4v) is 3.84. The van der Waals surface area contributed by atoms with Gasteiger partial charge in [0, 0.05) is 62.2 Å². The Labute approximate surface area is 180 Å². The van der Waals surface area contributed by atoms with Gasteiger partial charge < -0.3 is 14.4 Å². The van der Waals surface area contributed by atoms with Crippen molar-refractivity contribution in [2.75, 3.05) is 31.1 Å². The lowest BCUT2D eigenvalue weighted by molar-refractivity contribution is 0.0746. The van der Waals surface area contributed by atoms with Crippen molar-refractivity contribution in [2.24, 2.45) is 0 Å². The zero-order valence-electron chi connectivity index (χ0n) is 17.3. The number of carbonyl (C=O) groups excluding carboxylic acids is 1. The Hall–Kier alpha value is -3.94. The Kier molecular flexibility index (Phi) is 4.95. The van der Waals surface area contributed by atoms with Crippen LogP contribution in [0, 0.1) is 6.92 Å². The molecule has 1 saturated heterocycles. The monoisotopic (exact) mass is 413 g/mol. The van der Waals surface area contributed by atoms with Crippen LogP contribution in [0.25, 0.3) is 11.5 Å². The molecule has 0 saturated carbocycles. The number of aromatic nitrogens is 5. The molecule has 0 bridgehead atoms. The normalized spacial score (nSPS) is 14.1. The summed E-state index contributed by atoms with van der Waals surface area (Å²) in [4.78, 5) is 21.2. The first kappa shape index (κ1) is 19.0. The summed E-state index contributed by atoms with van der Waals surface area (Å²) in [7, 11) is 0. The molecule has 1 fully saturated rings. The highest BCUT2D eigenvalue weighted by Gasteiger charge is 2.23. The third kappa shape index (κ3) is 3.79. The quantitative estimate of drug-likeness (QED) is 0.514. The summed E-state index contributed by atoms with van der Waals surface area (Å²) in [6, 6.07) is 15.6. The number of nitrogens with zero attached hydrogens (tertiary/aromatic N) is 7. The van der Waals surface area contributed by atoms with E-state index in [9.17, 15) is 4.79 Å². The van der Waals surface area contributed by atoms with Crippen molar-refractivity contribution in [3.63, 3.8) is 0 Å². The molecule has 3 aromatic heterocycles. The number of aryl methyl sites for hydroxylation is 1. The van der Waals surface area contributed by atoms with E-state index in [0.29, 0.717) is 18.7 Å². The van der Waals surface area contributed by atoms with Gasteiger partial charge in [-0.3, -0.25) is 9.36 Å². The van der Waals surface area contributed by atoms with Gasteiger partial charge in [0.2, 0.25) is 0 Å². The zero-order valence-corrected chi connectivity index (χ0v) is 17.3. The molecule has 0 spiro atoms. The largest absolute Gasteiger partial charge is 0.352 e. The van der Waals surface area contributed by atoms with Crippen LogP contribution in [-0.2, 0) is 0 Å². The first-order chi connectivity index (χ1) is 15.2. The van der Waals surface area contributed by atoms with Crippen LogP contribution in [0.1, 0.15) is 16.2 Å². The average molecular weight is 413 g/mol. The molecular formula is C23H23N7O. The average Bonchev–Trinajstić information content (AvgIpc) is 3.51. The highest BCUT2D eigenvalue weighted by molar-refractivity contribution is 5.94. The minimum Gasteiger partial charge on any atom is -0.352 e. The molecule has 4 aromatic rings. The molecule has 8 nitrogen and oxygen atoms in total. The zero-order chi connectivity index (χ0) is 21.2. The van der Waals surface area contributed by atoms with Crippen molar-refractivity contribution >= 4 is 11.7 Å². The Morgan fingerprint density at radius 3 is 2.13 bits per heavy atom. The lowest BCUT2D eigenvalue weighted by atomic mass is 10.1. The molecule has 0 radical (unpaired) electrons. The van der Waals surface area contributed by atoms with E-state index in [0.717, 1.165) is 36.2 Å². The van der Waals surface area contributed by atoms with E-state index >= 15 is 0 Å². The van der Waals surface area contributed by atoms with Gasteiger partial charge in [-0.15, -0.1) is 10.2 Å². The van der Waals surface area contributed by atoms with Gasteiger partial charge in [-0.25, -0.2) is 4.98 Å². The molecule has 1 amide bonds. The number of benzene rings is 1. The smallest absolute Gasteiger partial charge is 0.253 e. The van der Waals surface area contributed by atoms with Crippen molar-refractivity contribution in [1.29, 1.82) is 0 Å². The molecule has 156 valence electrons. The number of amides is 1. The van der Waals surface area contributed by atoms with Gasteiger partial charge >= 0.3 is 0 Å². The summed E-state index contributed by atoms with van der Waals surface area (Å²) < 4.78 is 3.92. The third-order valence-electron chi connectivity index (χ3n) is 5.62. The Balaban J connectivity index is 1.21. The Morgan fingerprint density at radius 1 is 0.839 bits per heavy atom. The van der Waals surface area contributed by atoms with Gasteiger partial charge in [-0.2, -0.15) is 0 Å². The second-order valence-electron chi connectivity index (χ2n) is 7.51. The van der Waals surface area contributed by atoms with Crippen molar-refractivity contribution in [3.05, 3.63) is 84.7 Å². The van der Waals surface area contributed by atoms with Crippen LogP contribution in [0.2, 0.25) is 0 Å². The van der Waals surface area contributed by atoms with Crippen molar-refractivity contribution in [2.45, 2.75) is 6.92 Å². The Bertz CT molecular complexity index is 1160. The molecule has 1 aromatic carbocycles. The number of carbonyl (C=O) groups is 1. The fourth-order valence-electron chi connectivity index (χ4n) is 3.84. The summed E-state index contributed by atoms with van der Waals surface area (Å²) in [6.45, 7) is 4.70. The number of piperazine rings is 1. The van der Waals surface area contributed by atoms with Crippen LogP contribution >= 0.6 is 0 Å². The molecule has 0 atom stereocenters. The Morgan fingerprint density at radius 2 is 1.52 bits per heavy atom. The van der Waals surface area contributed by atoms with Crippen LogP contribution in [0.4, 0.5) is 5.82 Å². The third-order valence-corrected chi connectivity index (χ3v) is 5.62. The van der Waals surface area contributed by atoms with Gasteiger partial charge in [-0.05, 0) is 55.5 Å². The summed E-state index contributed by atoms with van der Waals surface area (Å²) in [6.07, 6.45) is 7.59. The number of rotatable bonds is 4. The highest BCUT2D eigenvalue weighted by Crippen LogP contribution is 2.17. The second kappa shape index (κ2) is 8.06. The van der Waals surface area contributed by atoms with Crippen molar-refractivity contribution < 1.29 is 4.79 Å². The van der Waals surface area contributed by atoms with E-state index in [1.807, 2.05) is 88.1 Å². The molecule has 1 aliphatic rings. The molecule has 0 aliphatic carbocycles. The van der Waals surface area contributed by atoms with Gasteiger partial charge in [0.05, 0.1) is 0 Å². The van der Waals surface area contributed by atoms with Crippen LogP contribution in [0.15, 0.2) is 73.3 Å². The molecule has 31 heavy (non-hydrogen) atoms. The maximum atomic E-state index is 12.9. The minimum atomic E-state index is 0.0655. The molecule has 4 heterocycles. The van der Waals surface area contributed by atoms with Crippen LogP contribution < -0.4 is 4.90 Å². The standard InChI is InChI=1S/C23H23N7O/c1-18-24-10-13-30(18)22-9-8-21(25-26-22)28-14-16-29(17-15-28)23(31)19-4-6-20(7-5-19)27-11-2-3-12-27/h2-13H,14-17H2,1H3. The van der Waals surface area contributed by atoms with Gasteiger partial charge in [-0.1, -0.05) is 0 Å². The fraction of sp³-hybridized carbons (Fsp3) is 0.217. The lowest BCUT2D eigenvalue weighted by Crippen LogP contribution is -2.49. The highest BCUT2D eigenvalue weighted by atomic mass is 16.2. The van der Waals surface area contributed by atoms with Crippen LogP contribution in [0.3, 0.4) is 0 Å². The summed E-state index contributed by atoms with van der Waals surface area (Å²) in [5.74, 6) is 2.51. The maximum absolute atomic E-state index is 12.9. The predicted molar refractivity (Wildman–Crippen MR) is 118 cm³/mol. The molecule has 1 aliphatic heterocycles. The molecular weight excluding hydrogens is 390 g/mol. The second-order valence-corrected chi connectivity index (χ2v) is 7.51. The predicted octanol–water partition coefficient (Wildman–Crippen LogP) is 2.72. The number of hydrogen-bond donors (Lipinski definition) is 0. The molecule has 8 heteroatoms. The van der Waals surface area contributed by atoms with E-state index in [1.54, 1.807) is 6.20 Å². The summed E-state index contributed by atoms with van der Waals surface area (Å²) in [5.41, 5.74) is 1.75. The minimum absolute atomic E-state index is 0.0655. The maximum Gasteiger partial charge on any atom is 0.253 e. The number of anilines is 1. The molecule has 5 rings (SSSR count). The van der Waals surface area contributed by atoms with E-state index < -0.39 is 0 Å². The SMILES string of the molecule is Cc1nccn1-c1ccc(N2CCN(C(=O)c3ccc(-n4cccc4)cc3)CC2)nn1. The topological polar surface area (TPSA) is 72.1 Å². The number of hydrogen-bond acceptors (Lipinski definition) is 5. The van der Waals surface area contributed by atoms with Crippen LogP contribution in [-0.4, -0.2) is 61.3 Å². The van der Waals surface area contributed by atoms with Gasteiger partial charge in [0.1, 0.15) is 5.82 Å². The lowest BCUT2D eigenvalue weighted by Gasteiger charge is -2.35. The molecule has 0 unspecified atom stereocenters.